The van der Waals surface area contributed by atoms with E-state index in [0.717, 1.165) is 11.3 Å². The van der Waals surface area contributed by atoms with E-state index in [1.807, 2.05) is 31.2 Å². The zero-order chi connectivity index (χ0) is 19.8. The van der Waals surface area contributed by atoms with Crippen molar-refractivity contribution in [2.75, 3.05) is 16.8 Å². The molecule has 1 atom stereocenters. The SMILES string of the molecule is Cc1ccccc1N1C[C@H](C(=O)Nc2nc3ccc([N+](=O)[O-])cc3s2)CC1=O. The second-order valence-corrected chi connectivity index (χ2v) is 7.64. The first-order valence-corrected chi connectivity index (χ1v) is 9.46. The number of nitro groups is 1. The van der Waals surface area contributed by atoms with Crippen molar-refractivity contribution in [3.05, 3.63) is 58.1 Å². The Morgan fingerprint density at radius 2 is 2.11 bits per heavy atom. The van der Waals surface area contributed by atoms with Crippen LogP contribution in [0.15, 0.2) is 42.5 Å². The van der Waals surface area contributed by atoms with Gasteiger partial charge in [0.1, 0.15) is 0 Å². The smallest absolute Gasteiger partial charge is 0.270 e. The van der Waals surface area contributed by atoms with Crippen molar-refractivity contribution in [2.45, 2.75) is 13.3 Å². The fraction of sp³-hybridized carbons (Fsp3) is 0.211. The van der Waals surface area contributed by atoms with Gasteiger partial charge in [-0.05, 0) is 24.6 Å². The largest absolute Gasteiger partial charge is 0.311 e. The molecule has 142 valence electrons. The van der Waals surface area contributed by atoms with Crippen LogP contribution < -0.4 is 10.2 Å². The number of nitro benzene ring substituents is 1. The predicted molar refractivity (Wildman–Crippen MR) is 107 cm³/mol. The van der Waals surface area contributed by atoms with Gasteiger partial charge in [-0.1, -0.05) is 29.5 Å². The summed E-state index contributed by atoms with van der Waals surface area (Å²) in [6.07, 6.45) is 0.135. The van der Waals surface area contributed by atoms with Gasteiger partial charge in [0, 0.05) is 30.8 Å². The first kappa shape index (κ1) is 18.1. The minimum atomic E-state index is -0.478. The second kappa shape index (κ2) is 7.01. The molecule has 1 saturated heterocycles. The molecule has 3 aromatic rings. The van der Waals surface area contributed by atoms with E-state index in [9.17, 15) is 19.7 Å². The maximum Gasteiger partial charge on any atom is 0.270 e. The number of nitrogens with zero attached hydrogens (tertiary/aromatic N) is 3. The third-order valence-corrected chi connectivity index (χ3v) is 5.65. The highest BCUT2D eigenvalue weighted by Crippen LogP contribution is 2.31. The van der Waals surface area contributed by atoms with E-state index < -0.39 is 10.8 Å². The fourth-order valence-corrected chi connectivity index (χ4v) is 4.17. The van der Waals surface area contributed by atoms with E-state index in [-0.39, 0.29) is 23.9 Å². The lowest BCUT2D eigenvalue weighted by Crippen LogP contribution is -2.28. The van der Waals surface area contributed by atoms with Gasteiger partial charge in [0.15, 0.2) is 5.13 Å². The van der Waals surface area contributed by atoms with Crippen LogP contribution in [0.3, 0.4) is 0 Å². The van der Waals surface area contributed by atoms with Crippen LogP contribution in [-0.2, 0) is 9.59 Å². The predicted octanol–water partition coefficient (Wildman–Crippen LogP) is 3.50. The molecule has 0 aliphatic carbocycles. The van der Waals surface area contributed by atoms with Crippen LogP contribution in [0, 0.1) is 23.0 Å². The summed E-state index contributed by atoms with van der Waals surface area (Å²) in [6.45, 7) is 2.24. The molecule has 2 amide bonds. The molecule has 0 saturated carbocycles. The molecule has 1 N–H and O–H groups in total. The zero-order valence-corrected chi connectivity index (χ0v) is 15.7. The number of carbonyl (C=O) groups is 2. The molecule has 2 heterocycles. The molecule has 1 aliphatic rings. The van der Waals surface area contributed by atoms with Crippen molar-refractivity contribution < 1.29 is 14.5 Å². The number of non-ortho nitro benzene ring substituents is 1. The summed E-state index contributed by atoms with van der Waals surface area (Å²) in [4.78, 5) is 41.4. The molecule has 0 unspecified atom stereocenters. The van der Waals surface area contributed by atoms with Crippen LogP contribution in [0.4, 0.5) is 16.5 Å². The summed E-state index contributed by atoms with van der Waals surface area (Å²) in [6, 6.07) is 11.9. The third-order valence-electron chi connectivity index (χ3n) is 4.72. The van der Waals surface area contributed by atoms with Crippen LogP contribution in [0.25, 0.3) is 10.2 Å². The average Bonchev–Trinajstić information content (AvgIpc) is 3.24. The number of carbonyl (C=O) groups excluding carboxylic acids is 2. The number of hydrogen-bond acceptors (Lipinski definition) is 6. The summed E-state index contributed by atoms with van der Waals surface area (Å²) in [5, 5.41) is 14.0. The fourth-order valence-electron chi connectivity index (χ4n) is 3.27. The van der Waals surface area contributed by atoms with Crippen molar-refractivity contribution in [1.82, 2.24) is 4.98 Å². The van der Waals surface area contributed by atoms with Gasteiger partial charge in [-0.2, -0.15) is 0 Å². The number of hydrogen-bond donors (Lipinski definition) is 1. The number of aromatic nitrogens is 1. The maximum absolute atomic E-state index is 12.6. The van der Waals surface area contributed by atoms with Crippen molar-refractivity contribution in [1.29, 1.82) is 0 Å². The monoisotopic (exact) mass is 396 g/mol. The number of fused-ring (bicyclic) bond motifs is 1. The number of thiazole rings is 1. The maximum atomic E-state index is 12.6. The number of nitrogens with one attached hydrogen (secondary N) is 1. The van der Waals surface area contributed by atoms with Crippen molar-refractivity contribution in [3.8, 4) is 0 Å². The van der Waals surface area contributed by atoms with Crippen LogP contribution in [0.1, 0.15) is 12.0 Å². The van der Waals surface area contributed by atoms with Gasteiger partial charge in [0.2, 0.25) is 11.8 Å². The van der Waals surface area contributed by atoms with E-state index in [0.29, 0.717) is 21.9 Å². The highest BCUT2D eigenvalue weighted by Gasteiger charge is 2.35. The Morgan fingerprint density at radius 1 is 1.32 bits per heavy atom. The minimum absolute atomic E-state index is 0.0238. The minimum Gasteiger partial charge on any atom is -0.311 e. The lowest BCUT2D eigenvalue weighted by molar-refractivity contribution is -0.384. The van der Waals surface area contributed by atoms with Gasteiger partial charge >= 0.3 is 0 Å². The highest BCUT2D eigenvalue weighted by molar-refractivity contribution is 7.22. The second-order valence-electron chi connectivity index (χ2n) is 6.61. The number of benzene rings is 2. The van der Waals surface area contributed by atoms with Gasteiger partial charge in [0.25, 0.3) is 5.69 Å². The van der Waals surface area contributed by atoms with E-state index in [1.54, 1.807) is 11.0 Å². The van der Waals surface area contributed by atoms with Crippen LogP contribution >= 0.6 is 11.3 Å². The number of amides is 2. The number of aryl methyl sites for hydroxylation is 1. The molecule has 28 heavy (non-hydrogen) atoms. The molecule has 1 aromatic heterocycles. The normalized spacial score (nSPS) is 16.5. The number of anilines is 2. The van der Waals surface area contributed by atoms with Crippen LogP contribution in [0.5, 0.6) is 0 Å². The van der Waals surface area contributed by atoms with Gasteiger partial charge in [0.05, 0.1) is 21.1 Å². The van der Waals surface area contributed by atoms with Gasteiger partial charge in [-0.15, -0.1) is 0 Å². The van der Waals surface area contributed by atoms with E-state index in [1.165, 1.54) is 23.5 Å². The molecule has 9 heteroatoms. The van der Waals surface area contributed by atoms with Crippen LogP contribution in [-0.4, -0.2) is 28.3 Å². The summed E-state index contributed by atoms with van der Waals surface area (Å²) >= 11 is 1.17. The topological polar surface area (TPSA) is 105 Å². The summed E-state index contributed by atoms with van der Waals surface area (Å²) < 4.78 is 0.619. The van der Waals surface area contributed by atoms with Gasteiger partial charge < -0.3 is 10.2 Å². The third kappa shape index (κ3) is 3.31. The summed E-state index contributed by atoms with van der Waals surface area (Å²) in [7, 11) is 0. The van der Waals surface area contributed by atoms with Crippen molar-refractivity contribution in [3.63, 3.8) is 0 Å². The van der Waals surface area contributed by atoms with E-state index in [2.05, 4.69) is 10.3 Å². The highest BCUT2D eigenvalue weighted by atomic mass is 32.1. The quantitative estimate of drug-likeness (QED) is 0.537. The Morgan fingerprint density at radius 3 is 2.86 bits per heavy atom. The van der Waals surface area contributed by atoms with E-state index in [4.69, 9.17) is 0 Å². The van der Waals surface area contributed by atoms with Crippen LogP contribution in [0.2, 0.25) is 0 Å². The zero-order valence-electron chi connectivity index (χ0n) is 14.9. The van der Waals surface area contributed by atoms with Gasteiger partial charge in [-0.3, -0.25) is 19.7 Å². The van der Waals surface area contributed by atoms with E-state index >= 15 is 0 Å². The molecule has 0 bridgehead atoms. The molecule has 0 radical (unpaired) electrons. The summed E-state index contributed by atoms with van der Waals surface area (Å²) in [5.41, 5.74) is 2.35. The van der Waals surface area contributed by atoms with Gasteiger partial charge in [-0.25, -0.2) is 4.98 Å². The Labute approximate surface area is 163 Å². The Bertz CT molecular complexity index is 1110. The molecule has 4 rings (SSSR count). The number of rotatable bonds is 4. The summed E-state index contributed by atoms with van der Waals surface area (Å²) in [5.74, 6) is -0.846. The molecular weight excluding hydrogens is 380 g/mol. The molecule has 1 aliphatic heterocycles. The average molecular weight is 396 g/mol. The first-order valence-electron chi connectivity index (χ1n) is 8.64. The van der Waals surface area contributed by atoms with Crippen molar-refractivity contribution in [2.24, 2.45) is 5.92 Å². The Kier molecular flexibility index (Phi) is 4.52. The molecule has 8 nitrogen and oxygen atoms in total. The molecule has 1 fully saturated rings. The molecule has 0 spiro atoms. The number of para-hydroxylation sites is 1. The lowest BCUT2D eigenvalue weighted by Gasteiger charge is -2.18. The standard InChI is InChI=1S/C19H16N4O4S/c1-11-4-2-3-5-15(11)22-10-12(8-17(22)24)18(25)21-19-20-14-7-6-13(23(26)27)9-16(14)28-19/h2-7,9,12H,8,10H2,1H3,(H,20,21,25)/t12-/m1/s1. The Balaban J connectivity index is 1.50. The lowest BCUT2D eigenvalue weighted by atomic mass is 10.1. The Hall–Kier alpha value is -3.33. The van der Waals surface area contributed by atoms with Crippen molar-refractivity contribution >= 4 is 49.9 Å². The molecule has 2 aromatic carbocycles. The molecular formula is C19H16N4O4S. The first-order chi connectivity index (χ1) is 13.4.